The van der Waals surface area contributed by atoms with Crippen molar-refractivity contribution in [2.45, 2.75) is 25.3 Å². The quantitative estimate of drug-likeness (QED) is 0.789. The van der Waals surface area contributed by atoms with E-state index in [9.17, 15) is 4.79 Å². The molecule has 100 valence electrons. The topological polar surface area (TPSA) is 56.9 Å². The normalized spacial score (nSPS) is 19.5. The number of para-hydroxylation sites is 1. The molecule has 0 radical (unpaired) electrons. The smallest absolute Gasteiger partial charge is 0.250 e. The van der Waals surface area contributed by atoms with Gasteiger partial charge < -0.3 is 15.6 Å². The Hall–Kier alpha value is -1.81. The van der Waals surface area contributed by atoms with E-state index >= 15 is 0 Å². The van der Waals surface area contributed by atoms with Crippen LogP contribution in [0.2, 0.25) is 0 Å². The Morgan fingerprint density at radius 3 is 3.00 bits per heavy atom. The molecule has 2 heterocycles. The minimum atomic E-state index is -0.0576. The van der Waals surface area contributed by atoms with Crippen LogP contribution in [0.3, 0.4) is 0 Å². The molecule has 1 saturated heterocycles. The molecule has 1 atom stereocenters. The molecule has 1 fully saturated rings. The first-order chi connectivity index (χ1) is 9.33. The van der Waals surface area contributed by atoms with Crippen molar-refractivity contribution < 1.29 is 0 Å². The average molecular weight is 257 g/mol. The number of benzene rings is 1. The Morgan fingerprint density at radius 2 is 2.16 bits per heavy atom. The number of nitrogens with one attached hydrogen (secondary N) is 3. The van der Waals surface area contributed by atoms with Crippen molar-refractivity contribution in [2.75, 3.05) is 18.4 Å². The molecule has 1 aliphatic rings. The van der Waals surface area contributed by atoms with Crippen LogP contribution in [0, 0.1) is 0 Å². The van der Waals surface area contributed by atoms with Gasteiger partial charge in [0.2, 0.25) is 5.56 Å². The Balaban J connectivity index is 1.81. The van der Waals surface area contributed by atoms with Gasteiger partial charge in [0.25, 0.3) is 0 Å². The average Bonchev–Trinajstić information content (AvgIpc) is 2.45. The van der Waals surface area contributed by atoms with Gasteiger partial charge in [-0.2, -0.15) is 0 Å². The van der Waals surface area contributed by atoms with Gasteiger partial charge in [0, 0.05) is 29.7 Å². The number of rotatable bonds is 3. The van der Waals surface area contributed by atoms with Crippen LogP contribution in [0.15, 0.2) is 35.1 Å². The molecule has 2 aromatic rings. The first-order valence-corrected chi connectivity index (χ1v) is 6.92. The van der Waals surface area contributed by atoms with Gasteiger partial charge in [0.1, 0.15) is 0 Å². The summed E-state index contributed by atoms with van der Waals surface area (Å²) in [5, 5.41) is 7.99. The second kappa shape index (κ2) is 5.45. The van der Waals surface area contributed by atoms with Crippen LogP contribution in [0.5, 0.6) is 0 Å². The summed E-state index contributed by atoms with van der Waals surface area (Å²) in [5.74, 6) is 0. The molecule has 0 spiro atoms. The van der Waals surface area contributed by atoms with Crippen LogP contribution in [-0.2, 0) is 0 Å². The van der Waals surface area contributed by atoms with E-state index in [1.54, 1.807) is 6.07 Å². The predicted molar refractivity (Wildman–Crippen MR) is 78.7 cm³/mol. The third-order valence-corrected chi connectivity index (χ3v) is 3.70. The van der Waals surface area contributed by atoms with Gasteiger partial charge in [-0.15, -0.1) is 0 Å². The molecule has 0 bridgehead atoms. The van der Waals surface area contributed by atoms with Gasteiger partial charge >= 0.3 is 0 Å². The lowest BCUT2D eigenvalue weighted by Gasteiger charge is -2.24. The number of pyridine rings is 1. The summed E-state index contributed by atoms with van der Waals surface area (Å²) < 4.78 is 0. The maximum atomic E-state index is 11.6. The van der Waals surface area contributed by atoms with Gasteiger partial charge in [0.05, 0.1) is 5.52 Å². The number of piperidine rings is 1. The number of hydrogen-bond donors (Lipinski definition) is 3. The van der Waals surface area contributed by atoms with E-state index in [4.69, 9.17) is 0 Å². The van der Waals surface area contributed by atoms with Crippen LogP contribution in [0.4, 0.5) is 5.69 Å². The predicted octanol–water partition coefficient (Wildman–Crippen LogP) is 2.08. The summed E-state index contributed by atoms with van der Waals surface area (Å²) in [4.78, 5) is 14.5. The molecule has 1 aromatic heterocycles. The lowest BCUT2D eigenvalue weighted by atomic mass is 10.0. The van der Waals surface area contributed by atoms with Crippen LogP contribution in [-0.4, -0.2) is 24.1 Å². The Kier molecular flexibility index (Phi) is 3.51. The molecule has 0 aliphatic carbocycles. The molecule has 0 saturated carbocycles. The van der Waals surface area contributed by atoms with E-state index in [-0.39, 0.29) is 5.56 Å². The first-order valence-electron chi connectivity index (χ1n) is 6.92. The number of H-pyrrole nitrogens is 1. The summed E-state index contributed by atoms with van der Waals surface area (Å²) in [6, 6.07) is 10.0. The SMILES string of the molecule is O=c1cc(NCC2CCCCN2)c2ccccc2[nH]1. The summed E-state index contributed by atoms with van der Waals surface area (Å²) in [7, 11) is 0. The Morgan fingerprint density at radius 1 is 1.26 bits per heavy atom. The zero-order chi connectivity index (χ0) is 13.1. The zero-order valence-corrected chi connectivity index (χ0v) is 10.9. The van der Waals surface area contributed by atoms with Crippen molar-refractivity contribution in [1.82, 2.24) is 10.3 Å². The number of anilines is 1. The molecule has 1 aliphatic heterocycles. The molecule has 1 aromatic carbocycles. The highest BCUT2D eigenvalue weighted by atomic mass is 16.1. The largest absolute Gasteiger partial charge is 0.383 e. The molecule has 0 amide bonds. The van der Waals surface area contributed by atoms with E-state index in [0.717, 1.165) is 29.7 Å². The molecular formula is C15H19N3O. The molecule has 1 unspecified atom stereocenters. The summed E-state index contributed by atoms with van der Waals surface area (Å²) in [6.07, 6.45) is 3.76. The third kappa shape index (κ3) is 2.79. The number of hydrogen-bond acceptors (Lipinski definition) is 3. The number of aromatic nitrogens is 1. The van der Waals surface area contributed by atoms with Gasteiger partial charge in [-0.3, -0.25) is 4.79 Å². The molecule has 4 nitrogen and oxygen atoms in total. The van der Waals surface area contributed by atoms with Crippen molar-refractivity contribution in [1.29, 1.82) is 0 Å². The summed E-state index contributed by atoms with van der Waals surface area (Å²) in [5.41, 5.74) is 1.75. The van der Waals surface area contributed by atoms with Gasteiger partial charge in [-0.25, -0.2) is 0 Å². The zero-order valence-electron chi connectivity index (χ0n) is 10.9. The van der Waals surface area contributed by atoms with E-state index < -0.39 is 0 Å². The minimum Gasteiger partial charge on any atom is -0.383 e. The lowest BCUT2D eigenvalue weighted by molar-refractivity contribution is 0.414. The van der Waals surface area contributed by atoms with Crippen LogP contribution in [0.1, 0.15) is 19.3 Å². The van der Waals surface area contributed by atoms with Crippen LogP contribution >= 0.6 is 0 Å². The fourth-order valence-corrected chi connectivity index (χ4v) is 2.68. The second-order valence-corrected chi connectivity index (χ2v) is 5.12. The summed E-state index contributed by atoms with van der Waals surface area (Å²) in [6.45, 7) is 1.97. The van der Waals surface area contributed by atoms with Gasteiger partial charge in [0.15, 0.2) is 0 Å². The van der Waals surface area contributed by atoms with Crippen molar-refractivity contribution in [3.05, 3.63) is 40.7 Å². The fraction of sp³-hybridized carbons (Fsp3) is 0.400. The van der Waals surface area contributed by atoms with Crippen molar-refractivity contribution >= 4 is 16.6 Å². The minimum absolute atomic E-state index is 0.0576. The highest BCUT2D eigenvalue weighted by Crippen LogP contribution is 2.19. The molecule has 19 heavy (non-hydrogen) atoms. The molecule has 3 rings (SSSR count). The van der Waals surface area contributed by atoms with Crippen LogP contribution < -0.4 is 16.2 Å². The number of fused-ring (bicyclic) bond motifs is 1. The molecular weight excluding hydrogens is 238 g/mol. The summed E-state index contributed by atoms with van der Waals surface area (Å²) >= 11 is 0. The van der Waals surface area contributed by atoms with Crippen molar-refractivity contribution in [2.24, 2.45) is 0 Å². The van der Waals surface area contributed by atoms with Gasteiger partial charge in [-0.05, 0) is 25.5 Å². The van der Waals surface area contributed by atoms with Gasteiger partial charge in [-0.1, -0.05) is 24.6 Å². The first kappa shape index (κ1) is 12.2. The maximum Gasteiger partial charge on any atom is 0.250 e. The van der Waals surface area contributed by atoms with Crippen molar-refractivity contribution in [3.63, 3.8) is 0 Å². The highest BCUT2D eigenvalue weighted by Gasteiger charge is 2.12. The standard InChI is InChI=1S/C15H19N3O/c19-15-9-14(12-6-1-2-7-13(12)18-15)17-10-11-5-3-4-8-16-11/h1-2,6-7,9,11,16H,3-5,8,10H2,(H2,17,18,19). The highest BCUT2D eigenvalue weighted by molar-refractivity contribution is 5.90. The van der Waals surface area contributed by atoms with E-state index in [1.165, 1.54) is 19.3 Å². The van der Waals surface area contributed by atoms with E-state index in [1.807, 2.05) is 24.3 Å². The Labute approximate surface area is 112 Å². The van der Waals surface area contributed by atoms with E-state index in [2.05, 4.69) is 15.6 Å². The third-order valence-electron chi connectivity index (χ3n) is 3.70. The number of aromatic amines is 1. The monoisotopic (exact) mass is 257 g/mol. The van der Waals surface area contributed by atoms with Crippen molar-refractivity contribution in [3.8, 4) is 0 Å². The van der Waals surface area contributed by atoms with Crippen LogP contribution in [0.25, 0.3) is 10.9 Å². The lowest BCUT2D eigenvalue weighted by Crippen LogP contribution is -2.39. The maximum absolute atomic E-state index is 11.6. The molecule has 4 heteroatoms. The second-order valence-electron chi connectivity index (χ2n) is 5.12. The fourth-order valence-electron chi connectivity index (χ4n) is 2.68. The van der Waals surface area contributed by atoms with E-state index in [0.29, 0.717) is 6.04 Å². The Bertz CT molecular complexity index is 614. The molecule has 3 N–H and O–H groups in total.